The summed E-state index contributed by atoms with van der Waals surface area (Å²) < 4.78 is 0. The van der Waals surface area contributed by atoms with Crippen LogP contribution in [0.1, 0.15) is 19.8 Å². The Balaban J connectivity index is 2.16. The van der Waals surface area contributed by atoms with Gasteiger partial charge in [-0.15, -0.1) is 0 Å². The molecular weight excluding hydrogens is 136 g/mol. The summed E-state index contributed by atoms with van der Waals surface area (Å²) in [5.74, 6) is 0. The topological polar surface area (TPSA) is 24.1 Å². The molecule has 0 radical (unpaired) electrons. The first-order valence-corrected chi connectivity index (χ1v) is 4.23. The third-order valence-corrected chi connectivity index (χ3v) is 2.28. The summed E-state index contributed by atoms with van der Waals surface area (Å²) in [6, 6.07) is 0. The van der Waals surface area contributed by atoms with Gasteiger partial charge in [0.05, 0.1) is 6.17 Å². The molecule has 11 heavy (non-hydrogen) atoms. The van der Waals surface area contributed by atoms with E-state index in [-0.39, 0.29) is 0 Å². The monoisotopic (exact) mass is 150 g/mol. The second-order valence-electron chi connectivity index (χ2n) is 3.23. The average Bonchev–Trinajstić information content (AvgIpc) is 2.04. The summed E-state index contributed by atoms with van der Waals surface area (Å²) in [5, 5.41) is 6.83. The molecule has 0 aromatic rings. The minimum Gasteiger partial charge on any atom is -0.370 e. The Labute approximate surface area is 67.4 Å². The van der Waals surface area contributed by atoms with Crippen LogP contribution in [0.2, 0.25) is 0 Å². The lowest BCUT2D eigenvalue weighted by atomic mass is 10.00. The molecule has 1 atom stereocenters. The molecule has 0 aliphatic carbocycles. The molecule has 2 nitrogen and oxygen atoms in total. The fraction of sp³-hybridized carbons (Fsp3) is 0.556. The van der Waals surface area contributed by atoms with Gasteiger partial charge in [-0.25, -0.2) is 0 Å². The largest absolute Gasteiger partial charge is 0.370 e. The van der Waals surface area contributed by atoms with Crippen LogP contribution >= 0.6 is 0 Å². The van der Waals surface area contributed by atoms with Crippen molar-refractivity contribution in [3.8, 4) is 0 Å². The highest BCUT2D eigenvalue weighted by Gasteiger charge is 2.18. The minimum atomic E-state index is 0.425. The van der Waals surface area contributed by atoms with Gasteiger partial charge in [0.25, 0.3) is 0 Å². The fourth-order valence-electron chi connectivity index (χ4n) is 1.65. The van der Waals surface area contributed by atoms with E-state index in [2.05, 4.69) is 29.7 Å². The van der Waals surface area contributed by atoms with Crippen LogP contribution in [-0.2, 0) is 0 Å². The quantitative estimate of drug-likeness (QED) is 0.541. The number of nitrogens with one attached hydrogen (secondary N) is 2. The lowest BCUT2D eigenvalue weighted by Gasteiger charge is -2.31. The van der Waals surface area contributed by atoms with Gasteiger partial charge in [0.15, 0.2) is 0 Å². The highest BCUT2D eigenvalue weighted by molar-refractivity contribution is 5.27. The van der Waals surface area contributed by atoms with Crippen molar-refractivity contribution in [1.82, 2.24) is 10.6 Å². The Bertz CT molecular complexity index is 216. The van der Waals surface area contributed by atoms with Crippen molar-refractivity contribution in [3.63, 3.8) is 0 Å². The number of allylic oxidation sites excluding steroid dienone is 3. The average molecular weight is 150 g/mol. The first-order chi connectivity index (χ1) is 5.36. The number of fused-ring (bicyclic) bond motifs is 1. The van der Waals surface area contributed by atoms with Crippen LogP contribution in [0.15, 0.2) is 23.4 Å². The maximum Gasteiger partial charge on any atom is 0.0991 e. The second-order valence-corrected chi connectivity index (χ2v) is 3.23. The van der Waals surface area contributed by atoms with Crippen LogP contribution < -0.4 is 10.6 Å². The van der Waals surface area contributed by atoms with E-state index in [0.29, 0.717) is 6.17 Å². The van der Waals surface area contributed by atoms with Crippen molar-refractivity contribution >= 4 is 0 Å². The van der Waals surface area contributed by atoms with E-state index in [1.54, 1.807) is 0 Å². The highest BCUT2D eigenvalue weighted by atomic mass is 15.1. The molecule has 2 aliphatic rings. The molecule has 0 amide bonds. The Kier molecular flexibility index (Phi) is 1.70. The first kappa shape index (κ1) is 6.92. The third-order valence-electron chi connectivity index (χ3n) is 2.28. The normalized spacial score (nSPS) is 29.7. The third kappa shape index (κ3) is 1.31. The summed E-state index contributed by atoms with van der Waals surface area (Å²) >= 11 is 0. The van der Waals surface area contributed by atoms with Gasteiger partial charge < -0.3 is 5.32 Å². The van der Waals surface area contributed by atoms with Crippen molar-refractivity contribution in [2.75, 3.05) is 6.54 Å². The number of dihydropyridines is 1. The molecule has 0 aromatic heterocycles. The van der Waals surface area contributed by atoms with Gasteiger partial charge in [-0.1, -0.05) is 6.08 Å². The van der Waals surface area contributed by atoms with Gasteiger partial charge in [0.2, 0.25) is 0 Å². The molecule has 2 aliphatic heterocycles. The number of piperidine rings is 1. The summed E-state index contributed by atoms with van der Waals surface area (Å²) in [4.78, 5) is 0. The van der Waals surface area contributed by atoms with Crippen molar-refractivity contribution in [1.29, 1.82) is 0 Å². The molecule has 0 bridgehead atoms. The lowest BCUT2D eigenvalue weighted by Crippen LogP contribution is -2.47. The van der Waals surface area contributed by atoms with Crippen molar-refractivity contribution in [2.24, 2.45) is 0 Å². The van der Waals surface area contributed by atoms with Gasteiger partial charge >= 0.3 is 0 Å². The second kappa shape index (κ2) is 2.70. The summed E-state index contributed by atoms with van der Waals surface area (Å²) in [6.07, 6.45) is 7.33. The molecule has 0 saturated carbocycles. The van der Waals surface area contributed by atoms with Gasteiger partial charge in [-0.2, -0.15) is 0 Å². The SMILES string of the molecule is CC1=CC=C2CCCNC2N1. The summed E-state index contributed by atoms with van der Waals surface area (Å²) in [7, 11) is 0. The van der Waals surface area contributed by atoms with Gasteiger partial charge in [-0.3, -0.25) is 5.32 Å². The molecule has 2 heteroatoms. The predicted octanol–water partition coefficient (Wildman–Crippen LogP) is 1.13. The van der Waals surface area contributed by atoms with E-state index in [4.69, 9.17) is 0 Å². The van der Waals surface area contributed by atoms with Crippen LogP contribution in [0, 0.1) is 0 Å². The zero-order chi connectivity index (χ0) is 7.68. The summed E-state index contributed by atoms with van der Waals surface area (Å²) in [5.41, 5.74) is 2.76. The van der Waals surface area contributed by atoms with Crippen LogP contribution in [-0.4, -0.2) is 12.7 Å². The maximum absolute atomic E-state index is 3.43. The Morgan fingerprint density at radius 1 is 1.45 bits per heavy atom. The molecule has 0 aromatic carbocycles. The fourth-order valence-corrected chi connectivity index (χ4v) is 1.65. The highest BCUT2D eigenvalue weighted by Crippen LogP contribution is 2.17. The Morgan fingerprint density at radius 3 is 3.27 bits per heavy atom. The molecule has 1 unspecified atom stereocenters. The number of hydrogen-bond acceptors (Lipinski definition) is 2. The zero-order valence-electron chi connectivity index (χ0n) is 6.85. The minimum absolute atomic E-state index is 0.425. The lowest BCUT2D eigenvalue weighted by molar-refractivity contribution is 0.444. The molecule has 1 fully saturated rings. The van der Waals surface area contributed by atoms with Gasteiger partial charge in [0, 0.05) is 5.70 Å². The molecule has 2 heterocycles. The molecule has 0 spiro atoms. The van der Waals surface area contributed by atoms with E-state index in [9.17, 15) is 0 Å². The first-order valence-electron chi connectivity index (χ1n) is 4.23. The van der Waals surface area contributed by atoms with Crippen LogP contribution in [0.3, 0.4) is 0 Å². The van der Waals surface area contributed by atoms with E-state index in [1.165, 1.54) is 24.1 Å². The smallest absolute Gasteiger partial charge is 0.0991 e. The standard InChI is InChI=1S/C9H14N2/c1-7-4-5-8-3-2-6-10-9(8)11-7/h4-5,9-11H,2-3,6H2,1H3. The summed E-state index contributed by atoms with van der Waals surface area (Å²) in [6.45, 7) is 3.24. The van der Waals surface area contributed by atoms with Crippen LogP contribution in [0.25, 0.3) is 0 Å². The Morgan fingerprint density at radius 2 is 2.36 bits per heavy atom. The van der Waals surface area contributed by atoms with Gasteiger partial charge in [0.1, 0.15) is 0 Å². The molecule has 2 N–H and O–H groups in total. The number of hydrogen-bond donors (Lipinski definition) is 2. The zero-order valence-corrected chi connectivity index (χ0v) is 6.85. The van der Waals surface area contributed by atoms with Crippen molar-refractivity contribution in [3.05, 3.63) is 23.4 Å². The number of rotatable bonds is 0. The molecule has 60 valence electrons. The predicted molar refractivity (Wildman–Crippen MR) is 46.0 cm³/mol. The molecule has 2 rings (SSSR count). The molecule has 1 saturated heterocycles. The van der Waals surface area contributed by atoms with E-state index >= 15 is 0 Å². The van der Waals surface area contributed by atoms with E-state index < -0.39 is 0 Å². The van der Waals surface area contributed by atoms with E-state index in [1.807, 2.05) is 0 Å². The van der Waals surface area contributed by atoms with Crippen molar-refractivity contribution < 1.29 is 0 Å². The molecular formula is C9H14N2. The maximum atomic E-state index is 3.43. The Hall–Kier alpha value is -0.760. The van der Waals surface area contributed by atoms with Gasteiger partial charge in [-0.05, 0) is 38.0 Å². The van der Waals surface area contributed by atoms with Crippen LogP contribution in [0.5, 0.6) is 0 Å². The van der Waals surface area contributed by atoms with E-state index in [0.717, 1.165) is 6.54 Å². The van der Waals surface area contributed by atoms with Crippen LogP contribution in [0.4, 0.5) is 0 Å². The van der Waals surface area contributed by atoms with Crippen molar-refractivity contribution in [2.45, 2.75) is 25.9 Å².